The lowest BCUT2D eigenvalue weighted by atomic mass is 10.0. The number of carbonyl (C=O) groups is 1. The van der Waals surface area contributed by atoms with Crippen molar-refractivity contribution in [3.8, 4) is 17.2 Å². The number of hydrogen-bond acceptors (Lipinski definition) is 6. The molecule has 2 rings (SSSR count). The van der Waals surface area contributed by atoms with Crippen LogP contribution in [-0.2, 0) is 16.1 Å². The summed E-state index contributed by atoms with van der Waals surface area (Å²) in [5.74, 6) is 1.77. The minimum atomic E-state index is -0.355. The maximum atomic E-state index is 11.7. The third-order valence-corrected chi connectivity index (χ3v) is 3.37. The first-order valence-corrected chi connectivity index (χ1v) is 6.84. The van der Waals surface area contributed by atoms with Gasteiger partial charge in [0.2, 0.25) is 12.5 Å². The average molecular weight is 295 g/mol. The van der Waals surface area contributed by atoms with E-state index in [0.29, 0.717) is 23.8 Å². The average Bonchev–Trinajstić information content (AvgIpc) is 2.94. The first kappa shape index (κ1) is 15.4. The van der Waals surface area contributed by atoms with Crippen LogP contribution in [-0.4, -0.2) is 33.0 Å². The van der Waals surface area contributed by atoms with Crippen molar-refractivity contribution >= 4 is 5.97 Å². The lowest BCUT2D eigenvalue weighted by molar-refractivity contribution is -0.144. The summed E-state index contributed by atoms with van der Waals surface area (Å²) in [6.07, 6.45) is 0. The Balaban J connectivity index is 2.11. The minimum absolute atomic E-state index is 0.133. The van der Waals surface area contributed by atoms with Gasteiger partial charge in [-0.15, -0.1) is 0 Å². The summed E-state index contributed by atoms with van der Waals surface area (Å²) in [4.78, 5) is 11.7. The van der Waals surface area contributed by atoms with Crippen LogP contribution in [0.2, 0.25) is 0 Å². The molecule has 1 N–H and O–H groups in total. The number of rotatable bonds is 6. The second-order valence-corrected chi connectivity index (χ2v) is 5.16. The predicted octanol–water partition coefficient (Wildman–Crippen LogP) is 1.71. The first-order valence-electron chi connectivity index (χ1n) is 6.84. The van der Waals surface area contributed by atoms with Gasteiger partial charge in [0.15, 0.2) is 11.5 Å². The Bertz CT molecular complexity index is 515. The van der Waals surface area contributed by atoms with Gasteiger partial charge in [-0.3, -0.25) is 4.79 Å². The molecule has 0 saturated carbocycles. The SMILES string of the molecule is COC(=O)[C@@H](NCc1cc(OC)c2c(c1)OCO2)C(C)C. The maximum absolute atomic E-state index is 11.7. The predicted molar refractivity (Wildman–Crippen MR) is 76.6 cm³/mol. The van der Waals surface area contributed by atoms with Crippen LogP contribution in [0.3, 0.4) is 0 Å². The fraction of sp³-hybridized carbons (Fsp3) is 0.533. The van der Waals surface area contributed by atoms with Gasteiger partial charge in [-0.25, -0.2) is 0 Å². The summed E-state index contributed by atoms with van der Waals surface area (Å²) in [6, 6.07) is 3.40. The van der Waals surface area contributed by atoms with E-state index in [1.807, 2.05) is 26.0 Å². The Hall–Kier alpha value is -1.95. The van der Waals surface area contributed by atoms with Crippen LogP contribution >= 0.6 is 0 Å². The lowest BCUT2D eigenvalue weighted by Gasteiger charge is -2.20. The van der Waals surface area contributed by atoms with Crippen LogP contribution in [0.5, 0.6) is 17.2 Å². The molecule has 1 aliphatic heterocycles. The molecule has 0 amide bonds. The molecular formula is C15H21NO5. The molecule has 6 heteroatoms. The van der Waals surface area contributed by atoms with Gasteiger partial charge in [0, 0.05) is 6.54 Å². The molecule has 0 radical (unpaired) electrons. The van der Waals surface area contributed by atoms with Gasteiger partial charge >= 0.3 is 5.97 Å². The normalized spacial score (nSPS) is 14.1. The van der Waals surface area contributed by atoms with Crippen molar-refractivity contribution in [1.82, 2.24) is 5.32 Å². The van der Waals surface area contributed by atoms with Crippen LogP contribution in [0, 0.1) is 5.92 Å². The Kier molecular flexibility index (Phi) is 4.90. The summed E-state index contributed by atoms with van der Waals surface area (Å²) in [5.41, 5.74) is 0.950. The smallest absolute Gasteiger partial charge is 0.323 e. The third kappa shape index (κ3) is 3.39. The zero-order valence-corrected chi connectivity index (χ0v) is 12.8. The zero-order chi connectivity index (χ0) is 15.4. The Labute approximate surface area is 124 Å². The Morgan fingerprint density at radius 2 is 2.10 bits per heavy atom. The molecule has 6 nitrogen and oxygen atoms in total. The van der Waals surface area contributed by atoms with Crippen molar-refractivity contribution in [3.05, 3.63) is 17.7 Å². The van der Waals surface area contributed by atoms with Crippen molar-refractivity contribution in [3.63, 3.8) is 0 Å². The van der Waals surface area contributed by atoms with E-state index in [4.69, 9.17) is 18.9 Å². The van der Waals surface area contributed by atoms with Crippen LogP contribution in [0.4, 0.5) is 0 Å². The van der Waals surface area contributed by atoms with Crippen LogP contribution in [0.1, 0.15) is 19.4 Å². The highest BCUT2D eigenvalue weighted by atomic mass is 16.7. The van der Waals surface area contributed by atoms with Crippen LogP contribution < -0.4 is 19.5 Å². The molecule has 1 aromatic carbocycles. The fourth-order valence-electron chi connectivity index (χ4n) is 2.23. The number of carbonyl (C=O) groups excluding carboxylic acids is 1. The molecule has 1 heterocycles. The highest BCUT2D eigenvalue weighted by molar-refractivity contribution is 5.75. The van der Waals surface area contributed by atoms with Crippen molar-refractivity contribution < 1.29 is 23.7 Å². The van der Waals surface area contributed by atoms with E-state index in [-0.39, 0.29) is 24.7 Å². The van der Waals surface area contributed by atoms with Crippen molar-refractivity contribution in [2.45, 2.75) is 26.4 Å². The zero-order valence-electron chi connectivity index (χ0n) is 12.8. The van der Waals surface area contributed by atoms with E-state index in [2.05, 4.69) is 5.32 Å². The summed E-state index contributed by atoms with van der Waals surface area (Å²) < 4.78 is 20.8. The van der Waals surface area contributed by atoms with Crippen LogP contribution in [0.15, 0.2) is 12.1 Å². The fourth-order valence-corrected chi connectivity index (χ4v) is 2.23. The summed E-state index contributed by atoms with van der Waals surface area (Å²) >= 11 is 0. The number of esters is 1. The molecule has 0 aromatic heterocycles. The molecule has 1 atom stereocenters. The molecule has 0 bridgehead atoms. The molecule has 21 heavy (non-hydrogen) atoms. The Morgan fingerprint density at radius 3 is 2.71 bits per heavy atom. The standard InChI is InChI=1S/C15H21NO5/c1-9(2)13(15(17)19-4)16-7-10-5-11(18-3)14-12(6-10)20-8-21-14/h5-6,9,13,16H,7-8H2,1-4H3/t13-/m0/s1. The summed E-state index contributed by atoms with van der Waals surface area (Å²) in [7, 11) is 2.98. The summed E-state index contributed by atoms with van der Waals surface area (Å²) in [6.45, 7) is 4.63. The van der Waals surface area contributed by atoms with Gasteiger partial charge in [0.1, 0.15) is 6.04 Å². The molecule has 0 saturated heterocycles. The molecule has 1 aromatic rings. The van der Waals surface area contributed by atoms with Gasteiger partial charge in [0.05, 0.1) is 14.2 Å². The number of methoxy groups -OCH3 is 2. The monoisotopic (exact) mass is 295 g/mol. The molecule has 1 aliphatic rings. The van der Waals surface area contributed by atoms with E-state index in [0.717, 1.165) is 5.56 Å². The minimum Gasteiger partial charge on any atom is -0.493 e. The molecule has 116 valence electrons. The maximum Gasteiger partial charge on any atom is 0.323 e. The summed E-state index contributed by atoms with van der Waals surface area (Å²) in [5, 5.41) is 3.20. The first-order chi connectivity index (χ1) is 10.1. The highest BCUT2D eigenvalue weighted by Crippen LogP contribution is 2.41. The second kappa shape index (κ2) is 6.67. The number of ether oxygens (including phenoxy) is 4. The molecule has 0 aliphatic carbocycles. The van der Waals surface area contributed by atoms with Crippen molar-refractivity contribution in [1.29, 1.82) is 0 Å². The Morgan fingerprint density at radius 1 is 1.33 bits per heavy atom. The van der Waals surface area contributed by atoms with Gasteiger partial charge in [-0.05, 0) is 23.6 Å². The molecule has 0 fully saturated rings. The van der Waals surface area contributed by atoms with Crippen molar-refractivity contribution in [2.24, 2.45) is 5.92 Å². The van der Waals surface area contributed by atoms with Gasteiger partial charge in [0.25, 0.3) is 0 Å². The van der Waals surface area contributed by atoms with E-state index in [1.165, 1.54) is 7.11 Å². The number of fused-ring (bicyclic) bond motifs is 1. The van der Waals surface area contributed by atoms with Gasteiger partial charge in [-0.1, -0.05) is 13.8 Å². The van der Waals surface area contributed by atoms with Gasteiger partial charge < -0.3 is 24.3 Å². The lowest BCUT2D eigenvalue weighted by Crippen LogP contribution is -2.41. The van der Waals surface area contributed by atoms with E-state index >= 15 is 0 Å². The quantitative estimate of drug-likeness (QED) is 0.806. The van der Waals surface area contributed by atoms with E-state index in [9.17, 15) is 4.79 Å². The van der Waals surface area contributed by atoms with E-state index < -0.39 is 0 Å². The van der Waals surface area contributed by atoms with Crippen LogP contribution in [0.25, 0.3) is 0 Å². The van der Waals surface area contributed by atoms with Crippen molar-refractivity contribution in [2.75, 3.05) is 21.0 Å². The number of hydrogen-bond donors (Lipinski definition) is 1. The number of nitrogens with one attached hydrogen (secondary N) is 1. The second-order valence-electron chi connectivity index (χ2n) is 5.16. The molecule has 0 unspecified atom stereocenters. The van der Waals surface area contributed by atoms with E-state index in [1.54, 1.807) is 7.11 Å². The number of benzene rings is 1. The topological polar surface area (TPSA) is 66.0 Å². The van der Waals surface area contributed by atoms with Gasteiger partial charge in [-0.2, -0.15) is 0 Å². The largest absolute Gasteiger partial charge is 0.493 e. The molecular weight excluding hydrogens is 274 g/mol. The highest BCUT2D eigenvalue weighted by Gasteiger charge is 2.24. The molecule has 0 spiro atoms. The third-order valence-electron chi connectivity index (χ3n) is 3.37.